The van der Waals surface area contributed by atoms with Crippen LogP contribution in [0.25, 0.3) is 0 Å². The van der Waals surface area contributed by atoms with Crippen LogP contribution < -0.4 is 0 Å². The van der Waals surface area contributed by atoms with Gasteiger partial charge in [-0.15, -0.1) is 6.58 Å². The molecule has 2 unspecified atom stereocenters. The average Bonchev–Trinajstić information content (AvgIpc) is 2.26. The van der Waals surface area contributed by atoms with Crippen LogP contribution in [-0.4, -0.2) is 66.5 Å². The SMILES string of the molecule is C=CCN(CC(=O)O)S(=O)(=O)N1CC(C)OC(C)C1. The first-order valence-electron chi connectivity index (χ1n) is 6.00. The summed E-state index contributed by atoms with van der Waals surface area (Å²) in [7, 11) is -3.81. The standard InChI is InChI=1S/C11H20N2O5S/c1-4-5-12(8-11(14)15)19(16,17)13-6-9(2)18-10(3)7-13/h4,9-10H,1,5-8H2,2-3H3,(H,14,15). The Bertz CT molecular complexity index is 426. The van der Waals surface area contributed by atoms with Crippen molar-refractivity contribution in [3.63, 3.8) is 0 Å². The number of carbonyl (C=O) groups is 1. The largest absolute Gasteiger partial charge is 0.480 e. The molecule has 110 valence electrons. The van der Waals surface area contributed by atoms with Gasteiger partial charge in [0.15, 0.2) is 0 Å². The van der Waals surface area contributed by atoms with Crippen LogP contribution in [0.15, 0.2) is 12.7 Å². The molecule has 19 heavy (non-hydrogen) atoms. The van der Waals surface area contributed by atoms with E-state index in [1.54, 1.807) is 13.8 Å². The summed E-state index contributed by atoms with van der Waals surface area (Å²) in [6, 6.07) is 0. The normalized spacial score (nSPS) is 25.4. The maximum Gasteiger partial charge on any atom is 0.318 e. The summed E-state index contributed by atoms with van der Waals surface area (Å²) in [4.78, 5) is 10.8. The Hall–Kier alpha value is -0.960. The second-order valence-corrected chi connectivity index (χ2v) is 6.49. The zero-order valence-electron chi connectivity index (χ0n) is 11.2. The van der Waals surface area contributed by atoms with Gasteiger partial charge in [0.1, 0.15) is 6.54 Å². The number of morpholine rings is 1. The van der Waals surface area contributed by atoms with Crippen molar-refractivity contribution in [1.29, 1.82) is 0 Å². The smallest absolute Gasteiger partial charge is 0.318 e. The van der Waals surface area contributed by atoms with Gasteiger partial charge in [-0.05, 0) is 13.8 Å². The van der Waals surface area contributed by atoms with Crippen molar-refractivity contribution in [1.82, 2.24) is 8.61 Å². The molecule has 1 N–H and O–H groups in total. The third-order valence-electron chi connectivity index (χ3n) is 2.68. The minimum absolute atomic E-state index is 0.0330. The highest BCUT2D eigenvalue weighted by atomic mass is 32.2. The lowest BCUT2D eigenvalue weighted by atomic mass is 10.3. The van der Waals surface area contributed by atoms with Crippen LogP contribution >= 0.6 is 0 Å². The third-order valence-corrected chi connectivity index (χ3v) is 4.56. The molecule has 1 aliphatic heterocycles. The molecule has 7 nitrogen and oxygen atoms in total. The quantitative estimate of drug-likeness (QED) is 0.692. The maximum atomic E-state index is 12.4. The van der Waals surface area contributed by atoms with E-state index in [1.165, 1.54) is 10.4 Å². The van der Waals surface area contributed by atoms with Crippen molar-refractivity contribution in [3.8, 4) is 0 Å². The fourth-order valence-electron chi connectivity index (χ4n) is 2.02. The molecule has 1 saturated heterocycles. The van der Waals surface area contributed by atoms with Gasteiger partial charge in [0.05, 0.1) is 12.2 Å². The van der Waals surface area contributed by atoms with Gasteiger partial charge in [-0.2, -0.15) is 17.0 Å². The maximum absolute atomic E-state index is 12.4. The number of rotatable bonds is 6. The highest BCUT2D eigenvalue weighted by Crippen LogP contribution is 2.17. The van der Waals surface area contributed by atoms with Crippen molar-refractivity contribution < 1.29 is 23.1 Å². The van der Waals surface area contributed by atoms with E-state index in [2.05, 4.69) is 6.58 Å². The van der Waals surface area contributed by atoms with E-state index in [9.17, 15) is 13.2 Å². The Labute approximate surface area is 113 Å². The molecule has 0 aromatic carbocycles. The second kappa shape index (κ2) is 6.47. The molecule has 2 atom stereocenters. The highest BCUT2D eigenvalue weighted by Gasteiger charge is 2.35. The van der Waals surface area contributed by atoms with E-state index < -0.39 is 22.7 Å². The van der Waals surface area contributed by atoms with Crippen molar-refractivity contribution in [3.05, 3.63) is 12.7 Å². The number of carboxylic acid groups (broad SMARTS) is 1. The molecular weight excluding hydrogens is 272 g/mol. The molecule has 0 amide bonds. The number of aliphatic carboxylic acids is 1. The van der Waals surface area contributed by atoms with Gasteiger partial charge in [-0.3, -0.25) is 4.79 Å². The van der Waals surface area contributed by atoms with Gasteiger partial charge >= 0.3 is 5.97 Å². The zero-order valence-corrected chi connectivity index (χ0v) is 12.0. The third kappa shape index (κ3) is 4.27. The zero-order chi connectivity index (χ0) is 14.6. The number of carboxylic acids is 1. The van der Waals surface area contributed by atoms with E-state index in [1.807, 2.05) is 0 Å². The molecule has 1 heterocycles. The van der Waals surface area contributed by atoms with Gasteiger partial charge in [0.2, 0.25) is 0 Å². The molecule has 0 aromatic rings. The van der Waals surface area contributed by atoms with Gasteiger partial charge in [0, 0.05) is 19.6 Å². The number of hydrogen-bond donors (Lipinski definition) is 1. The van der Waals surface area contributed by atoms with Gasteiger partial charge < -0.3 is 9.84 Å². The Morgan fingerprint density at radius 3 is 2.42 bits per heavy atom. The van der Waals surface area contributed by atoms with Crippen molar-refractivity contribution in [2.45, 2.75) is 26.1 Å². The Morgan fingerprint density at radius 1 is 1.47 bits per heavy atom. The molecule has 0 saturated carbocycles. The van der Waals surface area contributed by atoms with E-state index >= 15 is 0 Å². The number of nitrogens with zero attached hydrogens (tertiary/aromatic N) is 2. The molecule has 0 radical (unpaired) electrons. The summed E-state index contributed by atoms with van der Waals surface area (Å²) in [5.41, 5.74) is 0. The van der Waals surface area contributed by atoms with Crippen LogP contribution in [0, 0.1) is 0 Å². The lowest BCUT2D eigenvalue weighted by molar-refractivity contribution is -0.137. The lowest BCUT2D eigenvalue weighted by Gasteiger charge is -2.36. The molecule has 0 aromatic heterocycles. The first-order chi connectivity index (χ1) is 8.77. The van der Waals surface area contributed by atoms with Crippen LogP contribution in [-0.2, 0) is 19.7 Å². The molecule has 1 aliphatic rings. The van der Waals surface area contributed by atoms with Crippen LogP contribution in [0.2, 0.25) is 0 Å². The average molecular weight is 292 g/mol. The molecule has 0 bridgehead atoms. The highest BCUT2D eigenvalue weighted by molar-refractivity contribution is 7.86. The second-order valence-electron chi connectivity index (χ2n) is 4.56. The van der Waals surface area contributed by atoms with Gasteiger partial charge in [0.25, 0.3) is 10.2 Å². The van der Waals surface area contributed by atoms with Crippen molar-refractivity contribution in [2.24, 2.45) is 0 Å². The summed E-state index contributed by atoms with van der Waals surface area (Å²) >= 11 is 0. The fraction of sp³-hybridized carbons (Fsp3) is 0.727. The van der Waals surface area contributed by atoms with Crippen LogP contribution in [0.1, 0.15) is 13.8 Å². The van der Waals surface area contributed by atoms with Gasteiger partial charge in [-0.1, -0.05) is 6.08 Å². The van der Waals surface area contributed by atoms with Crippen molar-refractivity contribution >= 4 is 16.2 Å². The molecule has 0 aliphatic carbocycles. The van der Waals surface area contributed by atoms with Gasteiger partial charge in [-0.25, -0.2) is 0 Å². The van der Waals surface area contributed by atoms with Crippen molar-refractivity contribution in [2.75, 3.05) is 26.2 Å². The predicted molar refractivity (Wildman–Crippen MR) is 69.9 cm³/mol. The monoisotopic (exact) mass is 292 g/mol. The Kier molecular flexibility index (Phi) is 5.48. The minimum Gasteiger partial charge on any atom is -0.480 e. The van der Waals surface area contributed by atoms with E-state index in [-0.39, 0.29) is 31.8 Å². The first kappa shape index (κ1) is 16.1. The van der Waals surface area contributed by atoms with Crippen LogP contribution in [0.4, 0.5) is 0 Å². The molecule has 1 rings (SSSR count). The number of hydrogen-bond acceptors (Lipinski definition) is 4. The van der Waals surface area contributed by atoms with E-state index in [4.69, 9.17) is 9.84 Å². The fourth-order valence-corrected chi connectivity index (χ4v) is 3.71. The van der Waals surface area contributed by atoms with Crippen LogP contribution in [0.3, 0.4) is 0 Å². The lowest BCUT2D eigenvalue weighted by Crippen LogP contribution is -2.53. The molecule has 1 fully saturated rings. The van der Waals surface area contributed by atoms with E-state index in [0.29, 0.717) is 0 Å². The summed E-state index contributed by atoms with van der Waals surface area (Å²) in [6.07, 6.45) is 0.941. The molecular formula is C11H20N2O5S. The molecule has 8 heteroatoms. The Balaban J connectivity index is 2.91. The summed E-state index contributed by atoms with van der Waals surface area (Å²) in [5, 5.41) is 8.79. The minimum atomic E-state index is -3.81. The summed E-state index contributed by atoms with van der Waals surface area (Å²) < 4.78 is 32.4. The predicted octanol–water partition coefficient (Wildman–Crippen LogP) is -0.0870. The molecule has 0 spiro atoms. The number of ether oxygens (including phenoxy) is 1. The summed E-state index contributed by atoms with van der Waals surface area (Å²) in [5.74, 6) is -1.19. The topological polar surface area (TPSA) is 87.2 Å². The Morgan fingerprint density at radius 2 is 2.00 bits per heavy atom. The first-order valence-corrected chi connectivity index (χ1v) is 7.40. The van der Waals surface area contributed by atoms with E-state index in [0.717, 1.165) is 4.31 Å². The van der Waals surface area contributed by atoms with Crippen LogP contribution in [0.5, 0.6) is 0 Å². The summed E-state index contributed by atoms with van der Waals surface area (Å²) in [6.45, 7) is 6.86.